The molecule has 0 bridgehead atoms. The molecule has 1 saturated heterocycles. The van der Waals surface area contributed by atoms with Gasteiger partial charge in [-0.25, -0.2) is 4.79 Å². The molecule has 3 aromatic rings. The summed E-state index contributed by atoms with van der Waals surface area (Å²) in [5, 5.41) is 0. The van der Waals surface area contributed by atoms with Gasteiger partial charge in [-0.1, -0.05) is 36.4 Å². The Hall–Kier alpha value is -2.37. The highest BCUT2D eigenvalue weighted by Gasteiger charge is 2.42. The molecule has 2 aliphatic rings. The number of piperidine rings is 1. The van der Waals surface area contributed by atoms with Gasteiger partial charge < -0.3 is 14.1 Å². The Labute approximate surface area is 164 Å². The second kappa shape index (κ2) is 7.22. The van der Waals surface area contributed by atoms with Crippen molar-refractivity contribution in [2.75, 3.05) is 19.6 Å². The van der Waals surface area contributed by atoms with Crippen molar-refractivity contribution in [2.24, 2.45) is 0 Å². The molecule has 2 aromatic carbocycles. The number of oxazole rings is 1. The van der Waals surface area contributed by atoms with Crippen LogP contribution in [0.2, 0.25) is 0 Å². The van der Waals surface area contributed by atoms with E-state index in [0.717, 1.165) is 57.4 Å². The van der Waals surface area contributed by atoms with Crippen molar-refractivity contribution >= 4 is 11.1 Å². The van der Waals surface area contributed by atoms with Crippen molar-refractivity contribution in [1.29, 1.82) is 0 Å². The van der Waals surface area contributed by atoms with E-state index < -0.39 is 0 Å². The summed E-state index contributed by atoms with van der Waals surface area (Å²) < 4.78 is 13.3. The second-order valence-electron chi connectivity index (χ2n) is 7.98. The van der Waals surface area contributed by atoms with Crippen LogP contribution in [0.4, 0.5) is 0 Å². The van der Waals surface area contributed by atoms with Crippen molar-refractivity contribution in [3.05, 3.63) is 70.2 Å². The van der Waals surface area contributed by atoms with E-state index in [1.807, 2.05) is 24.3 Å². The topological polar surface area (TPSA) is 47.6 Å². The SMILES string of the molecule is O=c1oc2ccccc2n1CCCCN1CCC2(CC1)OCc1ccccc12. The molecule has 0 radical (unpaired) electrons. The predicted octanol–water partition coefficient (Wildman–Crippen LogP) is 3.90. The molecular formula is C23H26N2O3. The number of para-hydroxylation sites is 2. The molecule has 0 N–H and O–H groups in total. The first-order valence-electron chi connectivity index (χ1n) is 10.3. The van der Waals surface area contributed by atoms with Crippen LogP contribution < -0.4 is 5.76 Å². The fourth-order valence-electron chi connectivity index (χ4n) is 4.77. The Morgan fingerprint density at radius 1 is 0.929 bits per heavy atom. The molecule has 1 fully saturated rings. The third-order valence-corrected chi connectivity index (χ3v) is 6.36. The van der Waals surface area contributed by atoms with Crippen LogP contribution in [0.3, 0.4) is 0 Å². The molecule has 28 heavy (non-hydrogen) atoms. The fraction of sp³-hybridized carbons (Fsp3) is 0.435. The van der Waals surface area contributed by atoms with Crippen LogP contribution in [-0.2, 0) is 23.5 Å². The summed E-state index contributed by atoms with van der Waals surface area (Å²) >= 11 is 0. The number of aryl methyl sites for hydroxylation is 1. The van der Waals surface area contributed by atoms with Crippen LogP contribution in [0.1, 0.15) is 36.8 Å². The molecule has 2 aliphatic heterocycles. The third-order valence-electron chi connectivity index (χ3n) is 6.36. The molecule has 5 rings (SSSR count). The van der Waals surface area contributed by atoms with Crippen molar-refractivity contribution in [3.8, 4) is 0 Å². The van der Waals surface area contributed by atoms with E-state index in [-0.39, 0.29) is 11.4 Å². The predicted molar refractivity (Wildman–Crippen MR) is 108 cm³/mol. The summed E-state index contributed by atoms with van der Waals surface area (Å²) in [4.78, 5) is 14.6. The highest BCUT2D eigenvalue weighted by Crippen LogP contribution is 2.43. The van der Waals surface area contributed by atoms with Crippen molar-refractivity contribution in [3.63, 3.8) is 0 Å². The van der Waals surface area contributed by atoms with Gasteiger partial charge in [0.25, 0.3) is 0 Å². The zero-order valence-electron chi connectivity index (χ0n) is 16.1. The van der Waals surface area contributed by atoms with Gasteiger partial charge in [0.2, 0.25) is 0 Å². The van der Waals surface area contributed by atoms with E-state index in [2.05, 4.69) is 29.2 Å². The lowest BCUT2D eigenvalue weighted by atomic mass is 9.84. The fourth-order valence-corrected chi connectivity index (χ4v) is 4.77. The van der Waals surface area contributed by atoms with Crippen LogP contribution >= 0.6 is 0 Å². The zero-order chi connectivity index (χ0) is 19.0. The zero-order valence-corrected chi connectivity index (χ0v) is 16.1. The lowest BCUT2D eigenvalue weighted by Gasteiger charge is -2.39. The molecule has 5 heteroatoms. The van der Waals surface area contributed by atoms with Gasteiger partial charge in [-0.2, -0.15) is 0 Å². The summed E-state index contributed by atoms with van der Waals surface area (Å²) in [5.41, 5.74) is 4.26. The number of likely N-dealkylation sites (tertiary alicyclic amines) is 1. The molecule has 146 valence electrons. The second-order valence-corrected chi connectivity index (χ2v) is 7.98. The van der Waals surface area contributed by atoms with E-state index in [4.69, 9.17) is 9.15 Å². The highest BCUT2D eigenvalue weighted by atomic mass is 16.5. The van der Waals surface area contributed by atoms with Gasteiger partial charge in [0.05, 0.1) is 17.7 Å². The number of benzene rings is 2. The average Bonchev–Trinajstić information content (AvgIpc) is 3.25. The van der Waals surface area contributed by atoms with Gasteiger partial charge in [-0.3, -0.25) is 4.57 Å². The maximum atomic E-state index is 12.1. The van der Waals surface area contributed by atoms with Crippen LogP contribution in [0.5, 0.6) is 0 Å². The number of hydrogen-bond acceptors (Lipinski definition) is 4. The van der Waals surface area contributed by atoms with Crippen molar-refractivity contribution in [2.45, 2.75) is 44.4 Å². The normalized spacial score (nSPS) is 18.7. The van der Waals surface area contributed by atoms with Gasteiger partial charge in [-0.15, -0.1) is 0 Å². The standard InChI is InChI=1S/C23H26N2O3/c26-22-25(20-9-3-4-10-21(20)28-22)14-6-5-13-24-15-11-23(12-16-24)19-8-2-1-7-18(19)17-27-23/h1-4,7-10H,5-6,11-17H2. The van der Waals surface area contributed by atoms with E-state index in [1.165, 1.54) is 11.1 Å². The van der Waals surface area contributed by atoms with Gasteiger partial charge in [-0.05, 0) is 55.5 Å². The first-order chi connectivity index (χ1) is 13.8. The molecular weight excluding hydrogens is 352 g/mol. The maximum absolute atomic E-state index is 12.1. The number of rotatable bonds is 5. The Morgan fingerprint density at radius 2 is 1.68 bits per heavy atom. The van der Waals surface area contributed by atoms with Crippen LogP contribution in [0.25, 0.3) is 11.1 Å². The first kappa shape index (κ1) is 17.7. The molecule has 0 saturated carbocycles. The summed E-state index contributed by atoms with van der Waals surface area (Å²) in [7, 11) is 0. The monoisotopic (exact) mass is 378 g/mol. The molecule has 0 amide bonds. The Balaban J connectivity index is 1.13. The van der Waals surface area contributed by atoms with Crippen LogP contribution in [0.15, 0.2) is 57.7 Å². The van der Waals surface area contributed by atoms with Gasteiger partial charge in [0.1, 0.15) is 0 Å². The Morgan fingerprint density at radius 3 is 2.57 bits per heavy atom. The lowest BCUT2D eigenvalue weighted by molar-refractivity contribution is -0.0788. The minimum absolute atomic E-state index is 0.0594. The Bertz CT molecular complexity index is 1030. The minimum Gasteiger partial charge on any atom is -0.408 e. The average molecular weight is 378 g/mol. The van der Waals surface area contributed by atoms with Gasteiger partial charge in [0, 0.05) is 19.6 Å². The molecule has 5 nitrogen and oxygen atoms in total. The van der Waals surface area contributed by atoms with Crippen LogP contribution in [0, 0.1) is 0 Å². The summed E-state index contributed by atoms with van der Waals surface area (Å²) in [6.45, 7) is 4.68. The van der Waals surface area contributed by atoms with E-state index in [9.17, 15) is 4.79 Å². The molecule has 0 unspecified atom stereocenters. The van der Waals surface area contributed by atoms with Crippen molar-refractivity contribution < 1.29 is 9.15 Å². The van der Waals surface area contributed by atoms with E-state index in [1.54, 1.807) is 4.57 Å². The van der Waals surface area contributed by atoms with Crippen LogP contribution in [-0.4, -0.2) is 29.1 Å². The largest absolute Gasteiger partial charge is 0.419 e. The molecule has 0 atom stereocenters. The summed E-state index contributed by atoms with van der Waals surface area (Å²) in [5.74, 6) is -0.252. The van der Waals surface area contributed by atoms with E-state index >= 15 is 0 Å². The third kappa shape index (κ3) is 3.09. The molecule has 3 heterocycles. The first-order valence-corrected chi connectivity index (χ1v) is 10.3. The number of ether oxygens (including phenoxy) is 1. The number of fused-ring (bicyclic) bond motifs is 3. The smallest absolute Gasteiger partial charge is 0.408 e. The quantitative estimate of drug-likeness (QED) is 0.632. The lowest BCUT2D eigenvalue weighted by Crippen LogP contribution is -2.42. The molecule has 1 spiro atoms. The highest BCUT2D eigenvalue weighted by molar-refractivity contribution is 5.72. The van der Waals surface area contributed by atoms with Gasteiger partial charge in [0.15, 0.2) is 5.58 Å². The Kier molecular flexibility index (Phi) is 4.57. The minimum atomic E-state index is -0.252. The molecule has 1 aromatic heterocycles. The molecule has 0 aliphatic carbocycles. The number of hydrogen-bond donors (Lipinski definition) is 0. The summed E-state index contributed by atoms with van der Waals surface area (Å²) in [6.07, 6.45) is 4.19. The van der Waals surface area contributed by atoms with Crippen molar-refractivity contribution in [1.82, 2.24) is 9.47 Å². The van der Waals surface area contributed by atoms with Gasteiger partial charge >= 0.3 is 5.76 Å². The summed E-state index contributed by atoms with van der Waals surface area (Å²) in [6, 6.07) is 16.3. The number of aromatic nitrogens is 1. The van der Waals surface area contributed by atoms with E-state index in [0.29, 0.717) is 12.1 Å². The maximum Gasteiger partial charge on any atom is 0.419 e. The number of unbranched alkanes of at least 4 members (excludes halogenated alkanes) is 1. The number of nitrogens with zero attached hydrogens (tertiary/aromatic N) is 2.